The van der Waals surface area contributed by atoms with Gasteiger partial charge in [0.2, 0.25) is 0 Å². The smallest absolute Gasteiger partial charge is 0.383 e. The van der Waals surface area contributed by atoms with Crippen LogP contribution in [0.4, 0.5) is 13.2 Å². The van der Waals surface area contributed by atoms with Gasteiger partial charge in [-0.1, -0.05) is 12.1 Å². The van der Waals surface area contributed by atoms with E-state index >= 15 is 0 Å². The van der Waals surface area contributed by atoms with Crippen molar-refractivity contribution >= 4 is 0 Å². The summed E-state index contributed by atoms with van der Waals surface area (Å²) in [5.41, 5.74) is 0.339. The molecule has 1 aromatic rings. The second-order valence-electron chi connectivity index (χ2n) is 5.67. The molecule has 1 atom stereocenters. The van der Waals surface area contributed by atoms with Crippen molar-refractivity contribution in [2.45, 2.75) is 19.1 Å². The van der Waals surface area contributed by atoms with Crippen LogP contribution in [0.5, 0.6) is 0 Å². The van der Waals surface area contributed by atoms with Crippen molar-refractivity contribution in [3.05, 3.63) is 35.4 Å². The van der Waals surface area contributed by atoms with Crippen molar-refractivity contribution < 1.29 is 17.9 Å². The number of rotatable bonds is 5. The summed E-state index contributed by atoms with van der Waals surface area (Å²) in [6.07, 6.45) is -4.27. The predicted molar refractivity (Wildman–Crippen MR) is 79.7 cm³/mol. The molecule has 0 saturated carbocycles. The molecule has 1 heterocycles. The Labute approximate surface area is 129 Å². The van der Waals surface area contributed by atoms with Crippen molar-refractivity contribution in [2.24, 2.45) is 0 Å². The van der Waals surface area contributed by atoms with Gasteiger partial charge in [-0.05, 0) is 24.6 Å². The Bertz CT molecular complexity index is 453. The maximum absolute atomic E-state index is 12.6. The number of hydrogen-bond donors (Lipinski definition) is 0. The predicted octanol–water partition coefficient (Wildman–Crippen LogP) is 3.03. The average Bonchev–Trinajstić information content (AvgIpc) is 2.52. The molecule has 22 heavy (non-hydrogen) atoms. The zero-order valence-corrected chi connectivity index (χ0v) is 13.1. The van der Waals surface area contributed by atoms with E-state index in [-0.39, 0.29) is 6.04 Å². The van der Waals surface area contributed by atoms with Crippen molar-refractivity contribution in [2.75, 3.05) is 46.4 Å². The number of nitrogens with zero attached hydrogens (tertiary/aromatic N) is 2. The molecule has 0 bridgehead atoms. The Balaban J connectivity index is 1.91. The van der Waals surface area contributed by atoms with Gasteiger partial charge in [0.05, 0.1) is 12.2 Å². The van der Waals surface area contributed by atoms with Crippen LogP contribution in [0.25, 0.3) is 0 Å². The Hall–Kier alpha value is -1.11. The van der Waals surface area contributed by atoms with Gasteiger partial charge in [0.1, 0.15) is 0 Å². The van der Waals surface area contributed by atoms with Crippen LogP contribution in [-0.2, 0) is 10.9 Å². The van der Waals surface area contributed by atoms with Crippen LogP contribution < -0.4 is 0 Å². The molecule has 6 heteroatoms. The summed E-state index contributed by atoms with van der Waals surface area (Å²) in [4.78, 5) is 4.66. The summed E-state index contributed by atoms with van der Waals surface area (Å²) < 4.78 is 42.9. The standard InChI is InChI=1S/C16H23F3N2O/c1-13(14-3-5-15(6-4-14)16(17,18)19)21-9-7-20(8-10-21)11-12-22-2/h3-6,13H,7-12H2,1-2H3. The number of ether oxygens (including phenoxy) is 1. The van der Waals surface area contributed by atoms with Gasteiger partial charge >= 0.3 is 6.18 Å². The molecule has 3 nitrogen and oxygen atoms in total. The lowest BCUT2D eigenvalue weighted by atomic mass is 10.0. The van der Waals surface area contributed by atoms with E-state index in [1.165, 1.54) is 12.1 Å². The van der Waals surface area contributed by atoms with Gasteiger partial charge in [0.15, 0.2) is 0 Å². The van der Waals surface area contributed by atoms with Crippen LogP contribution in [0.15, 0.2) is 24.3 Å². The molecule has 1 saturated heterocycles. The highest BCUT2D eigenvalue weighted by atomic mass is 19.4. The summed E-state index contributed by atoms with van der Waals surface area (Å²) in [7, 11) is 1.70. The Morgan fingerprint density at radius 2 is 1.68 bits per heavy atom. The molecule has 0 aromatic heterocycles. The van der Waals surface area contributed by atoms with Crippen LogP contribution in [0.1, 0.15) is 24.1 Å². The van der Waals surface area contributed by atoms with E-state index in [0.717, 1.165) is 44.9 Å². The monoisotopic (exact) mass is 316 g/mol. The lowest BCUT2D eigenvalue weighted by Gasteiger charge is -2.38. The maximum Gasteiger partial charge on any atom is 0.416 e. The first-order valence-corrected chi connectivity index (χ1v) is 7.54. The fourth-order valence-corrected chi connectivity index (χ4v) is 2.76. The fourth-order valence-electron chi connectivity index (χ4n) is 2.76. The molecule has 1 aliphatic rings. The first-order chi connectivity index (χ1) is 10.4. The molecule has 1 fully saturated rings. The quantitative estimate of drug-likeness (QED) is 0.830. The normalized spacial score (nSPS) is 19.3. The van der Waals surface area contributed by atoms with E-state index in [4.69, 9.17) is 4.74 Å². The van der Waals surface area contributed by atoms with Gasteiger partial charge in [-0.3, -0.25) is 9.80 Å². The molecule has 0 aliphatic carbocycles. The number of benzene rings is 1. The number of methoxy groups -OCH3 is 1. The average molecular weight is 316 g/mol. The minimum Gasteiger partial charge on any atom is -0.383 e. The molecular formula is C16H23F3N2O. The van der Waals surface area contributed by atoms with Crippen molar-refractivity contribution in [3.8, 4) is 0 Å². The van der Waals surface area contributed by atoms with E-state index in [1.807, 2.05) is 6.92 Å². The van der Waals surface area contributed by atoms with E-state index in [2.05, 4.69) is 9.80 Å². The Kier molecular flexibility index (Phi) is 5.83. The van der Waals surface area contributed by atoms with Crippen LogP contribution >= 0.6 is 0 Å². The fraction of sp³-hybridized carbons (Fsp3) is 0.625. The number of alkyl halides is 3. The highest BCUT2D eigenvalue weighted by Gasteiger charge is 2.30. The highest BCUT2D eigenvalue weighted by molar-refractivity contribution is 5.26. The van der Waals surface area contributed by atoms with Crippen molar-refractivity contribution in [3.63, 3.8) is 0 Å². The molecule has 1 unspecified atom stereocenters. The van der Waals surface area contributed by atoms with Crippen LogP contribution in [0.2, 0.25) is 0 Å². The third kappa shape index (κ3) is 4.44. The summed E-state index contributed by atoms with van der Waals surface area (Å²) >= 11 is 0. The first-order valence-electron chi connectivity index (χ1n) is 7.54. The molecule has 2 rings (SSSR count). The molecule has 1 aromatic carbocycles. The van der Waals surface area contributed by atoms with E-state index in [0.29, 0.717) is 0 Å². The molecule has 0 spiro atoms. The lowest BCUT2D eigenvalue weighted by molar-refractivity contribution is -0.137. The van der Waals surface area contributed by atoms with Crippen molar-refractivity contribution in [1.82, 2.24) is 9.80 Å². The Morgan fingerprint density at radius 1 is 1.09 bits per heavy atom. The number of halogens is 3. The molecule has 0 amide bonds. The lowest BCUT2D eigenvalue weighted by Crippen LogP contribution is -2.47. The number of piperazine rings is 1. The summed E-state index contributed by atoms with van der Waals surface area (Å²) in [5, 5.41) is 0. The van der Waals surface area contributed by atoms with Crippen LogP contribution in [0.3, 0.4) is 0 Å². The SMILES string of the molecule is COCCN1CCN(C(C)c2ccc(C(F)(F)F)cc2)CC1. The molecule has 0 radical (unpaired) electrons. The van der Waals surface area contributed by atoms with Crippen molar-refractivity contribution in [1.29, 1.82) is 0 Å². The first kappa shape index (κ1) is 17.2. The summed E-state index contributed by atoms with van der Waals surface area (Å²) in [5.74, 6) is 0. The van der Waals surface area contributed by atoms with Gasteiger partial charge < -0.3 is 4.74 Å². The maximum atomic E-state index is 12.6. The van der Waals surface area contributed by atoms with E-state index in [9.17, 15) is 13.2 Å². The van der Waals surface area contributed by atoms with Gasteiger partial charge in [-0.15, -0.1) is 0 Å². The Morgan fingerprint density at radius 3 is 2.18 bits per heavy atom. The van der Waals surface area contributed by atoms with Crippen LogP contribution in [0, 0.1) is 0 Å². The second kappa shape index (κ2) is 7.44. The summed E-state index contributed by atoms with van der Waals surface area (Å²) in [6, 6.07) is 5.64. The highest BCUT2D eigenvalue weighted by Crippen LogP contribution is 2.30. The van der Waals surface area contributed by atoms with Crippen LogP contribution in [-0.4, -0.2) is 56.2 Å². The minimum absolute atomic E-state index is 0.131. The topological polar surface area (TPSA) is 15.7 Å². The zero-order chi connectivity index (χ0) is 16.2. The van der Waals surface area contributed by atoms with Gasteiger partial charge in [0, 0.05) is 45.9 Å². The third-order valence-electron chi connectivity index (χ3n) is 4.29. The zero-order valence-electron chi connectivity index (χ0n) is 13.1. The van der Waals surface area contributed by atoms with E-state index in [1.54, 1.807) is 19.2 Å². The molecule has 0 N–H and O–H groups in total. The molecular weight excluding hydrogens is 293 g/mol. The van der Waals surface area contributed by atoms with Gasteiger partial charge in [-0.25, -0.2) is 0 Å². The largest absolute Gasteiger partial charge is 0.416 e. The van der Waals surface area contributed by atoms with E-state index < -0.39 is 11.7 Å². The number of hydrogen-bond acceptors (Lipinski definition) is 3. The van der Waals surface area contributed by atoms with Gasteiger partial charge in [-0.2, -0.15) is 13.2 Å². The third-order valence-corrected chi connectivity index (χ3v) is 4.29. The molecule has 124 valence electrons. The summed E-state index contributed by atoms with van der Waals surface area (Å²) in [6.45, 7) is 7.49. The molecule has 1 aliphatic heterocycles. The second-order valence-corrected chi connectivity index (χ2v) is 5.67. The minimum atomic E-state index is -4.27. The van der Waals surface area contributed by atoms with Gasteiger partial charge in [0.25, 0.3) is 0 Å².